The smallest absolute Gasteiger partial charge is 0.231 e. The van der Waals surface area contributed by atoms with Gasteiger partial charge in [-0.15, -0.1) is 0 Å². The fourth-order valence-electron chi connectivity index (χ4n) is 2.44. The van der Waals surface area contributed by atoms with Gasteiger partial charge >= 0.3 is 0 Å². The third-order valence-electron chi connectivity index (χ3n) is 3.17. The average molecular weight is 336 g/mol. The molecule has 2 unspecified atom stereocenters. The van der Waals surface area contributed by atoms with Crippen molar-refractivity contribution in [3.63, 3.8) is 0 Å². The van der Waals surface area contributed by atoms with E-state index >= 15 is 0 Å². The molecule has 0 aliphatic carbocycles. The minimum atomic E-state index is -1.07. The molecule has 6 nitrogen and oxygen atoms in total. The molecule has 6 heteroatoms. The van der Waals surface area contributed by atoms with Crippen LogP contribution in [0.4, 0.5) is 0 Å². The second-order valence-corrected chi connectivity index (χ2v) is 7.84. The van der Waals surface area contributed by atoms with Crippen molar-refractivity contribution in [3.8, 4) is 0 Å². The summed E-state index contributed by atoms with van der Waals surface area (Å²) in [5.74, 6) is -1.07. The van der Waals surface area contributed by atoms with Crippen molar-refractivity contribution < 1.29 is 29.8 Å². The fraction of sp³-hybridized carbons (Fsp3) is 1.00. The highest BCUT2D eigenvalue weighted by molar-refractivity contribution is 4.71. The van der Waals surface area contributed by atoms with E-state index in [-0.39, 0.29) is 0 Å². The van der Waals surface area contributed by atoms with Crippen molar-refractivity contribution >= 4 is 0 Å². The van der Waals surface area contributed by atoms with Crippen LogP contribution in [0.15, 0.2) is 0 Å². The number of hydrogen-bond acceptors (Lipinski definition) is 6. The SMILES string of the molecule is CCCC(C)(OOC(C)(C)CC(C)O)OOC(C)(C)CC(C)O. The van der Waals surface area contributed by atoms with Crippen molar-refractivity contribution in [2.24, 2.45) is 0 Å². The standard InChI is InChI=1S/C17H36O6/c1-9-10-17(8,22-20-15(4,5)11-13(2)18)23-21-16(6,7)12-14(3)19/h13-14,18-19H,9-12H2,1-8H3. The molecule has 0 saturated heterocycles. The zero-order valence-corrected chi connectivity index (χ0v) is 16.0. The van der Waals surface area contributed by atoms with E-state index in [2.05, 4.69) is 0 Å². The van der Waals surface area contributed by atoms with Crippen LogP contribution in [-0.4, -0.2) is 39.4 Å². The van der Waals surface area contributed by atoms with Gasteiger partial charge in [0, 0.05) is 19.3 Å². The Kier molecular flexibility index (Phi) is 9.20. The van der Waals surface area contributed by atoms with Gasteiger partial charge in [-0.1, -0.05) is 13.3 Å². The van der Waals surface area contributed by atoms with Crippen LogP contribution in [0.1, 0.15) is 81.1 Å². The van der Waals surface area contributed by atoms with Crippen LogP contribution < -0.4 is 0 Å². The Morgan fingerprint density at radius 3 is 1.35 bits per heavy atom. The molecule has 0 amide bonds. The molecule has 0 fully saturated rings. The summed E-state index contributed by atoms with van der Waals surface area (Å²) in [6.45, 7) is 14.5. The van der Waals surface area contributed by atoms with E-state index < -0.39 is 29.2 Å². The van der Waals surface area contributed by atoms with Crippen molar-refractivity contribution in [3.05, 3.63) is 0 Å². The predicted molar refractivity (Wildman–Crippen MR) is 88.4 cm³/mol. The Labute approximate surface area is 140 Å². The molecule has 0 bridgehead atoms. The summed E-state index contributed by atoms with van der Waals surface area (Å²) in [6.07, 6.45) is 1.27. The Morgan fingerprint density at radius 2 is 1.09 bits per heavy atom. The first-order valence-electron chi connectivity index (χ1n) is 8.41. The van der Waals surface area contributed by atoms with E-state index in [1.54, 1.807) is 20.8 Å². The quantitative estimate of drug-likeness (QED) is 0.323. The van der Waals surface area contributed by atoms with Gasteiger partial charge in [-0.25, -0.2) is 9.78 Å². The summed E-state index contributed by atoms with van der Waals surface area (Å²) in [4.78, 5) is 22.0. The average Bonchev–Trinajstić information content (AvgIpc) is 2.32. The molecule has 0 saturated carbocycles. The maximum absolute atomic E-state index is 9.50. The highest BCUT2D eigenvalue weighted by atomic mass is 17.3. The maximum Gasteiger partial charge on any atom is 0.231 e. The van der Waals surface area contributed by atoms with Crippen molar-refractivity contribution in [2.75, 3.05) is 0 Å². The Balaban J connectivity index is 4.67. The van der Waals surface area contributed by atoms with Gasteiger partial charge in [0.05, 0.1) is 12.2 Å². The molecule has 0 aromatic carbocycles. The van der Waals surface area contributed by atoms with E-state index in [0.717, 1.165) is 6.42 Å². The topological polar surface area (TPSA) is 77.4 Å². The number of aliphatic hydroxyl groups excluding tert-OH is 2. The lowest BCUT2D eigenvalue weighted by Crippen LogP contribution is -2.41. The van der Waals surface area contributed by atoms with Crippen LogP contribution >= 0.6 is 0 Å². The number of hydrogen-bond donors (Lipinski definition) is 2. The van der Waals surface area contributed by atoms with E-state index in [9.17, 15) is 10.2 Å². The van der Waals surface area contributed by atoms with Crippen LogP contribution in [0.3, 0.4) is 0 Å². The fourth-order valence-corrected chi connectivity index (χ4v) is 2.44. The van der Waals surface area contributed by atoms with E-state index in [1.807, 2.05) is 34.6 Å². The summed E-state index contributed by atoms with van der Waals surface area (Å²) < 4.78 is 0. The Morgan fingerprint density at radius 1 is 0.739 bits per heavy atom. The van der Waals surface area contributed by atoms with E-state index in [1.165, 1.54) is 0 Å². The molecule has 0 aromatic rings. The van der Waals surface area contributed by atoms with Crippen LogP contribution in [0, 0.1) is 0 Å². The highest BCUT2D eigenvalue weighted by Crippen LogP contribution is 2.28. The van der Waals surface area contributed by atoms with Crippen molar-refractivity contribution in [1.82, 2.24) is 0 Å². The molecule has 0 spiro atoms. The molecule has 0 aromatic heterocycles. The lowest BCUT2D eigenvalue weighted by atomic mass is 10.0. The van der Waals surface area contributed by atoms with Crippen LogP contribution in [0.25, 0.3) is 0 Å². The van der Waals surface area contributed by atoms with E-state index in [4.69, 9.17) is 19.6 Å². The van der Waals surface area contributed by atoms with Crippen LogP contribution in [0.2, 0.25) is 0 Å². The molecule has 2 atom stereocenters. The summed E-state index contributed by atoms with van der Waals surface area (Å²) >= 11 is 0. The molecule has 0 aliphatic rings. The van der Waals surface area contributed by atoms with Gasteiger partial charge in [0.25, 0.3) is 0 Å². The lowest BCUT2D eigenvalue weighted by molar-refractivity contribution is -0.541. The van der Waals surface area contributed by atoms with Gasteiger partial charge < -0.3 is 10.2 Å². The summed E-state index contributed by atoms with van der Waals surface area (Å²) in [5, 5.41) is 19.0. The molecular formula is C17H36O6. The highest BCUT2D eigenvalue weighted by Gasteiger charge is 2.35. The van der Waals surface area contributed by atoms with Crippen LogP contribution in [-0.2, 0) is 19.6 Å². The third-order valence-corrected chi connectivity index (χ3v) is 3.17. The second-order valence-electron chi connectivity index (χ2n) is 7.84. The zero-order chi connectivity index (χ0) is 18.3. The molecule has 0 aliphatic heterocycles. The van der Waals surface area contributed by atoms with Gasteiger partial charge in [-0.3, -0.25) is 0 Å². The third kappa shape index (κ3) is 11.0. The zero-order valence-electron chi connectivity index (χ0n) is 16.0. The summed E-state index contributed by atoms with van der Waals surface area (Å²) in [5.41, 5.74) is -1.30. The first-order valence-corrected chi connectivity index (χ1v) is 8.41. The molecular weight excluding hydrogens is 300 g/mol. The first kappa shape index (κ1) is 22.8. The van der Waals surface area contributed by atoms with Gasteiger partial charge in [-0.05, 0) is 48.5 Å². The Bertz CT molecular complexity index is 299. The minimum Gasteiger partial charge on any atom is -0.393 e. The van der Waals surface area contributed by atoms with Crippen molar-refractivity contribution in [1.29, 1.82) is 0 Å². The predicted octanol–water partition coefficient (Wildman–Crippen LogP) is 3.50. The summed E-state index contributed by atoms with van der Waals surface area (Å²) in [7, 11) is 0. The summed E-state index contributed by atoms with van der Waals surface area (Å²) in [6, 6.07) is 0. The lowest BCUT2D eigenvalue weighted by Gasteiger charge is -2.35. The maximum atomic E-state index is 9.50. The van der Waals surface area contributed by atoms with Gasteiger partial charge in [0.1, 0.15) is 11.2 Å². The first-order chi connectivity index (χ1) is 10.3. The molecule has 2 N–H and O–H groups in total. The Hall–Kier alpha value is -0.240. The molecule has 0 heterocycles. The normalized spacial score (nSPS) is 18.5. The number of rotatable bonds is 12. The van der Waals surface area contributed by atoms with Gasteiger partial charge in [0.15, 0.2) is 0 Å². The molecule has 23 heavy (non-hydrogen) atoms. The molecule has 140 valence electrons. The van der Waals surface area contributed by atoms with Crippen molar-refractivity contribution in [2.45, 2.75) is 110 Å². The van der Waals surface area contributed by atoms with Crippen LogP contribution in [0.5, 0.6) is 0 Å². The monoisotopic (exact) mass is 336 g/mol. The molecule has 0 radical (unpaired) electrons. The van der Waals surface area contributed by atoms with Gasteiger partial charge in [-0.2, -0.15) is 9.78 Å². The largest absolute Gasteiger partial charge is 0.393 e. The second kappa shape index (κ2) is 9.30. The van der Waals surface area contributed by atoms with Gasteiger partial charge in [0.2, 0.25) is 5.79 Å². The minimum absolute atomic E-state index is 0.434. The molecule has 0 rings (SSSR count). The number of aliphatic hydroxyl groups is 2. The van der Waals surface area contributed by atoms with E-state index in [0.29, 0.717) is 19.3 Å².